The first-order valence-corrected chi connectivity index (χ1v) is 12.8. The van der Waals surface area contributed by atoms with E-state index in [1.165, 1.54) is 24.0 Å². The fourth-order valence-electron chi connectivity index (χ4n) is 5.20. The Bertz CT molecular complexity index is 1130. The molecule has 2 saturated heterocycles. The molecule has 0 bridgehead atoms. The number of halogens is 2. The molecule has 0 aliphatic carbocycles. The fourth-order valence-corrected chi connectivity index (χ4v) is 5.20. The highest BCUT2D eigenvalue weighted by Gasteiger charge is 2.46. The third-order valence-electron chi connectivity index (χ3n) is 7.37. The molecular formula is C28H35F2N3O4. The lowest BCUT2D eigenvalue weighted by molar-refractivity contribution is -0.147. The number of benzene rings is 1. The van der Waals surface area contributed by atoms with Crippen molar-refractivity contribution in [3.63, 3.8) is 0 Å². The highest BCUT2D eigenvalue weighted by Crippen LogP contribution is 2.32. The monoisotopic (exact) mass is 515 g/mol. The maximum absolute atomic E-state index is 14.9. The van der Waals surface area contributed by atoms with Gasteiger partial charge in [-0.1, -0.05) is 6.07 Å². The Balaban J connectivity index is 1.34. The van der Waals surface area contributed by atoms with E-state index in [9.17, 15) is 23.5 Å². The Hall–Kier alpha value is -3.07. The number of carboxylic acids is 1. The summed E-state index contributed by atoms with van der Waals surface area (Å²) in [4.78, 5) is 32.4. The smallest absolute Gasteiger partial charge is 0.329 e. The molecule has 2 aliphatic rings. The zero-order chi connectivity index (χ0) is 26.8. The van der Waals surface area contributed by atoms with Gasteiger partial charge in [0.15, 0.2) is 0 Å². The van der Waals surface area contributed by atoms with Gasteiger partial charge in [0.05, 0.1) is 24.1 Å². The number of rotatable bonds is 8. The second kappa shape index (κ2) is 10.7. The Morgan fingerprint density at radius 2 is 1.92 bits per heavy atom. The number of nitrogens with zero attached hydrogens (tertiary/aromatic N) is 3. The van der Waals surface area contributed by atoms with Gasteiger partial charge in [0, 0.05) is 18.7 Å². The van der Waals surface area contributed by atoms with Crippen LogP contribution in [-0.4, -0.2) is 75.8 Å². The summed E-state index contributed by atoms with van der Waals surface area (Å²) in [5.41, 5.74) is -1.64. The van der Waals surface area contributed by atoms with E-state index in [0.717, 1.165) is 25.9 Å². The molecular weight excluding hydrogens is 480 g/mol. The van der Waals surface area contributed by atoms with Crippen molar-refractivity contribution in [1.29, 1.82) is 0 Å². The lowest BCUT2D eigenvalue weighted by atomic mass is 9.97. The van der Waals surface area contributed by atoms with Gasteiger partial charge in [-0.25, -0.2) is 13.6 Å². The first kappa shape index (κ1) is 27.0. The topological polar surface area (TPSA) is 83.0 Å². The van der Waals surface area contributed by atoms with Crippen molar-refractivity contribution in [2.45, 2.75) is 57.7 Å². The highest BCUT2D eigenvalue weighted by molar-refractivity contribution is 5.98. The Morgan fingerprint density at radius 3 is 2.51 bits per heavy atom. The molecule has 7 nitrogen and oxygen atoms in total. The maximum atomic E-state index is 14.9. The van der Waals surface area contributed by atoms with Gasteiger partial charge in [0.2, 0.25) is 0 Å². The molecule has 37 heavy (non-hydrogen) atoms. The largest absolute Gasteiger partial charge is 0.492 e. The number of ether oxygens (including phenoxy) is 1. The summed E-state index contributed by atoms with van der Waals surface area (Å²) in [5, 5.41) is 9.56. The van der Waals surface area contributed by atoms with Crippen LogP contribution in [-0.2, 0) is 4.79 Å². The van der Waals surface area contributed by atoms with Gasteiger partial charge in [-0.3, -0.25) is 9.78 Å². The van der Waals surface area contributed by atoms with E-state index in [1.54, 1.807) is 38.2 Å². The van der Waals surface area contributed by atoms with Crippen LogP contribution >= 0.6 is 0 Å². The molecule has 3 heterocycles. The van der Waals surface area contributed by atoms with E-state index in [4.69, 9.17) is 4.74 Å². The van der Waals surface area contributed by atoms with Gasteiger partial charge in [-0.2, -0.15) is 0 Å². The average molecular weight is 516 g/mol. The standard InChI is InChI=1S/C28H35F2N3O4/c1-27(2,30)18-32-13-9-19(10-14-32)17-37-21-6-8-24(31-16-21)20-5-7-22(23(29)15-20)25(34)33-12-4-11-28(33,3)26(35)36/h5-8,15-16,19H,4,9-14,17-18H2,1-3H3,(H,35,36)/t28-/m0/s1. The maximum Gasteiger partial charge on any atom is 0.329 e. The summed E-state index contributed by atoms with van der Waals surface area (Å²) < 4.78 is 34.7. The van der Waals surface area contributed by atoms with Crippen LogP contribution in [0.2, 0.25) is 0 Å². The average Bonchev–Trinajstić information content (AvgIpc) is 3.25. The van der Waals surface area contributed by atoms with E-state index >= 15 is 0 Å². The lowest BCUT2D eigenvalue weighted by Crippen LogP contribution is -2.50. The molecule has 1 aromatic heterocycles. The molecule has 1 N–H and O–H groups in total. The van der Waals surface area contributed by atoms with Crippen LogP contribution in [0.3, 0.4) is 0 Å². The minimum atomic E-state index is -1.33. The normalized spacial score (nSPS) is 21.3. The molecule has 2 aromatic rings. The second-order valence-corrected chi connectivity index (χ2v) is 11.0. The van der Waals surface area contributed by atoms with Crippen molar-refractivity contribution in [3.8, 4) is 17.0 Å². The molecule has 0 saturated carbocycles. The summed E-state index contributed by atoms with van der Waals surface area (Å²) in [6.07, 6.45) is 4.39. The second-order valence-electron chi connectivity index (χ2n) is 11.0. The van der Waals surface area contributed by atoms with Crippen molar-refractivity contribution >= 4 is 11.9 Å². The summed E-state index contributed by atoms with van der Waals surface area (Å²) in [7, 11) is 0. The number of hydrogen-bond acceptors (Lipinski definition) is 5. The number of carbonyl (C=O) groups excluding carboxylic acids is 1. The number of aromatic nitrogens is 1. The highest BCUT2D eigenvalue weighted by atomic mass is 19.1. The van der Waals surface area contributed by atoms with Crippen molar-refractivity contribution in [2.24, 2.45) is 5.92 Å². The quantitative estimate of drug-likeness (QED) is 0.544. The number of aliphatic carboxylic acids is 1. The minimum Gasteiger partial charge on any atom is -0.492 e. The number of carboxylic acid groups (broad SMARTS) is 1. The molecule has 2 fully saturated rings. The lowest BCUT2D eigenvalue weighted by Gasteiger charge is -2.34. The molecule has 1 amide bonds. The van der Waals surface area contributed by atoms with Crippen molar-refractivity contribution < 1.29 is 28.2 Å². The van der Waals surface area contributed by atoms with E-state index in [2.05, 4.69) is 9.88 Å². The molecule has 0 radical (unpaired) electrons. The molecule has 1 aromatic carbocycles. The third-order valence-corrected chi connectivity index (χ3v) is 7.37. The van der Waals surface area contributed by atoms with Crippen LogP contribution in [0, 0.1) is 11.7 Å². The van der Waals surface area contributed by atoms with Gasteiger partial charge in [-0.15, -0.1) is 0 Å². The van der Waals surface area contributed by atoms with E-state index in [-0.39, 0.29) is 12.1 Å². The SMILES string of the molecule is CC(C)(F)CN1CCC(COc2ccc(-c3ccc(C(=O)N4CCC[C@@]4(C)C(=O)O)c(F)c3)nc2)CC1. The van der Waals surface area contributed by atoms with Crippen LogP contribution < -0.4 is 4.74 Å². The molecule has 0 unspecified atom stereocenters. The Morgan fingerprint density at radius 1 is 1.19 bits per heavy atom. The number of alkyl halides is 1. The number of amides is 1. The minimum absolute atomic E-state index is 0.154. The van der Waals surface area contributed by atoms with Crippen molar-refractivity contribution in [1.82, 2.24) is 14.8 Å². The van der Waals surface area contributed by atoms with Gasteiger partial charge < -0.3 is 19.6 Å². The molecule has 4 rings (SSSR count). The van der Waals surface area contributed by atoms with E-state index < -0.39 is 28.9 Å². The van der Waals surface area contributed by atoms with Crippen LogP contribution in [0.5, 0.6) is 5.75 Å². The van der Waals surface area contributed by atoms with E-state index in [0.29, 0.717) is 48.9 Å². The summed E-state index contributed by atoms with van der Waals surface area (Å²) in [6.45, 7) is 7.70. The predicted octanol–water partition coefficient (Wildman–Crippen LogP) is 4.81. The third kappa shape index (κ3) is 6.26. The first-order valence-electron chi connectivity index (χ1n) is 12.8. The van der Waals surface area contributed by atoms with Gasteiger partial charge in [0.1, 0.15) is 22.8 Å². The number of hydrogen-bond donors (Lipinski definition) is 1. The zero-order valence-electron chi connectivity index (χ0n) is 21.7. The van der Waals surface area contributed by atoms with Crippen molar-refractivity contribution in [3.05, 3.63) is 47.9 Å². The number of piperidine rings is 1. The fraction of sp³-hybridized carbons (Fsp3) is 0.536. The number of carbonyl (C=O) groups is 2. The van der Waals surface area contributed by atoms with Crippen LogP contribution in [0.15, 0.2) is 36.5 Å². The molecule has 9 heteroatoms. The van der Waals surface area contributed by atoms with Crippen LogP contribution in [0.25, 0.3) is 11.3 Å². The summed E-state index contributed by atoms with van der Waals surface area (Å²) >= 11 is 0. The zero-order valence-corrected chi connectivity index (χ0v) is 21.7. The molecule has 200 valence electrons. The van der Waals surface area contributed by atoms with Gasteiger partial charge in [-0.05, 0) is 89.7 Å². The van der Waals surface area contributed by atoms with Crippen molar-refractivity contribution in [2.75, 3.05) is 32.8 Å². The Kier molecular flexibility index (Phi) is 7.83. The first-order chi connectivity index (χ1) is 17.5. The van der Waals surface area contributed by atoms with Gasteiger partial charge >= 0.3 is 5.97 Å². The predicted molar refractivity (Wildman–Crippen MR) is 136 cm³/mol. The van der Waals surface area contributed by atoms with Crippen LogP contribution in [0.1, 0.15) is 56.8 Å². The summed E-state index contributed by atoms with van der Waals surface area (Å²) in [6, 6.07) is 7.76. The summed E-state index contributed by atoms with van der Waals surface area (Å²) in [5.74, 6) is -1.41. The number of likely N-dealkylation sites (tertiary alicyclic amines) is 2. The molecule has 1 atom stereocenters. The molecule has 0 spiro atoms. The van der Waals surface area contributed by atoms with E-state index in [1.807, 2.05) is 0 Å². The molecule has 2 aliphatic heterocycles. The Labute approximate surface area is 216 Å². The van der Waals surface area contributed by atoms with Crippen LogP contribution in [0.4, 0.5) is 8.78 Å². The number of pyridine rings is 1. The van der Waals surface area contributed by atoms with Gasteiger partial charge in [0.25, 0.3) is 5.91 Å².